The Kier molecular flexibility index (Phi) is 4.74. The van der Waals surface area contributed by atoms with Crippen LogP contribution in [0, 0.1) is 35.5 Å². The van der Waals surface area contributed by atoms with Gasteiger partial charge in [0, 0.05) is 29.5 Å². The van der Waals surface area contributed by atoms with Gasteiger partial charge in [0.2, 0.25) is 0 Å². The van der Waals surface area contributed by atoms with E-state index in [1.807, 2.05) is 0 Å². The summed E-state index contributed by atoms with van der Waals surface area (Å²) in [7, 11) is 0. The molecule has 0 spiro atoms. The Bertz CT molecular complexity index is 890. The van der Waals surface area contributed by atoms with Crippen molar-refractivity contribution in [2.24, 2.45) is 35.5 Å². The summed E-state index contributed by atoms with van der Waals surface area (Å²) in [6, 6.07) is 10.7. The summed E-state index contributed by atoms with van der Waals surface area (Å²) < 4.78 is 6.93. The molecule has 1 saturated heterocycles. The van der Waals surface area contributed by atoms with Gasteiger partial charge in [-0.2, -0.15) is 0 Å². The van der Waals surface area contributed by atoms with Gasteiger partial charge in [0.15, 0.2) is 5.78 Å². The Morgan fingerprint density at radius 2 is 1.81 bits per heavy atom. The molecule has 8 atom stereocenters. The van der Waals surface area contributed by atoms with Crippen molar-refractivity contribution in [3.63, 3.8) is 0 Å². The van der Waals surface area contributed by atoms with Gasteiger partial charge in [-0.1, -0.05) is 49.8 Å². The fourth-order valence-electron chi connectivity index (χ4n) is 8.00. The highest BCUT2D eigenvalue weighted by molar-refractivity contribution is 6.01. The predicted octanol–water partition coefficient (Wildman–Crippen LogP) is 5.60. The molecule has 4 fully saturated rings. The van der Waals surface area contributed by atoms with Gasteiger partial charge < -0.3 is 4.74 Å². The van der Waals surface area contributed by atoms with Crippen molar-refractivity contribution in [3.05, 3.63) is 47.5 Å². The molecule has 0 unspecified atom stereocenters. The molecule has 1 heterocycles. The van der Waals surface area contributed by atoms with Crippen LogP contribution in [-0.2, 0) is 16.1 Å². The third-order valence-electron chi connectivity index (χ3n) is 9.69. The number of hydrogen-bond acceptors (Lipinski definition) is 3. The third-order valence-corrected chi connectivity index (χ3v) is 9.69. The molecule has 1 aromatic carbocycles. The molecule has 1 aromatic rings. The van der Waals surface area contributed by atoms with Gasteiger partial charge in [-0.15, -0.1) is 0 Å². The number of ketones is 1. The molecule has 1 aliphatic heterocycles. The van der Waals surface area contributed by atoms with E-state index in [2.05, 4.69) is 62.1 Å². The first-order valence-electron chi connectivity index (χ1n) is 12.7. The van der Waals surface area contributed by atoms with E-state index in [0.29, 0.717) is 29.5 Å². The largest absolute Gasteiger partial charge is 0.355 e. The maximum absolute atomic E-state index is 13.7. The molecule has 0 radical (unpaired) electrons. The van der Waals surface area contributed by atoms with E-state index >= 15 is 0 Å². The zero-order chi connectivity index (χ0) is 21.3. The molecular weight excluding hydrogens is 382 g/mol. The lowest BCUT2D eigenvalue weighted by Crippen LogP contribution is -2.64. The Balaban J connectivity index is 1.37. The van der Waals surface area contributed by atoms with Gasteiger partial charge in [-0.25, -0.2) is 0 Å². The number of carbonyl (C=O) groups excluding carboxylic acids is 1. The Morgan fingerprint density at radius 3 is 2.58 bits per heavy atom. The van der Waals surface area contributed by atoms with Crippen LogP contribution in [0.4, 0.5) is 0 Å². The standard InChI is InChI=1S/C28H37NO2/c1-17-9-12-23-24(13-17)31-27(29(28(23,2)3)16-18-7-5-4-6-8-18)22-15-21-19-10-11-20(14-19)25(21)26(22)30/h4-8,15,17,19-21,23-25,27H,9-14,16H2,1-3H3/t17-,19+,20-,21-,23-,24-,25+,27+/m1/s1. The number of rotatable bonds is 3. The molecule has 3 heteroatoms. The Morgan fingerprint density at radius 1 is 1.03 bits per heavy atom. The van der Waals surface area contributed by atoms with Crippen molar-refractivity contribution in [2.45, 2.75) is 83.7 Å². The SMILES string of the molecule is C[C@@H]1CC[C@@H]2[C@@H](C1)O[C@@H](C1=C[C@@H]3[C@H]4CC[C@H](C4)[C@@H]3C1=O)N(Cc1ccccc1)C2(C)C. The van der Waals surface area contributed by atoms with E-state index in [-0.39, 0.29) is 23.8 Å². The molecule has 5 aliphatic rings. The quantitative estimate of drug-likeness (QED) is 0.639. The zero-order valence-corrected chi connectivity index (χ0v) is 19.3. The van der Waals surface area contributed by atoms with E-state index in [1.165, 1.54) is 37.7 Å². The van der Waals surface area contributed by atoms with Crippen LogP contribution < -0.4 is 0 Å². The fourth-order valence-corrected chi connectivity index (χ4v) is 8.00. The van der Waals surface area contributed by atoms with Crippen molar-refractivity contribution in [1.29, 1.82) is 0 Å². The summed E-state index contributed by atoms with van der Waals surface area (Å²) in [5.74, 6) is 3.74. The van der Waals surface area contributed by atoms with Crippen LogP contribution in [0.3, 0.4) is 0 Å². The van der Waals surface area contributed by atoms with Crippen molar-refractivity contribution in [1.82, 2.24) is 4.90 Å². The van der Waals surface area contributed by atoms with E-state index in [1.54, 1.807) is 0 Å². The molecule has 0 amide bonds. The van der Waals surface area contributed by atoms with Crippen molar-refractivity contribution < 1.29 is 9.53 Å². The molecular formula is C28H37NO2. The van der Waals surface area contributed by atoms with Gasteiger partial charge in [0.25, 0.3) is 0 Å². The monoisotopic (exact) mass is 419 g/mol. The van der Waals surface area contributed by atoms with E-state index in [9.17, 15) is 4.79 Å². The van der Waals surface area contributed by atoms with E-state index in [0.717, 1.165) is 24.5 Å². The Hall–Kier alpha value is -1.45. The lowest BCUT2D eigenvalue weighted by atomic mass is 9.69. The topological polar surface area (TPSA) is 29.5 Å². The van der Waals surface area contributed by atoms with Crippen LogP contribution in [0.15, 0.2) is 42.0 Å². The summed E-state index contributed by atoms with van der Waals surface area (Å²) >= 11 is 0. The average molecular weight is 420 g/mol. The second kappa shape index (κ2) is 7.28. The van der Waals surface area contributed by atoms with Crippen molar-refractivity contribution in [2.75, 3.05) is 0 Å². The number of ether oxygens (including phenoxy) is 1. The molecule has 2 bridgehead atoms. The predicted molar refractivity (Wildman–Crippen MR) is 122 cm³/mol. The number of Topliss-reactive ketones (excluding diaryl/α,β-unsaturated/α-hetero) is 1. The van der Waals surface area contributed by atoms with Gasteiger partial charge in [-0.05, 0) is 75.2 Å². The van der Waals surface area contributed by atoms with Gasteiger partial charge >= 0.3 is 0 Å². The first kappa shape index (κ1) is 20.2. The minimum Gasteiger partial charge on any atom is -0.355 e. The molecule has 6 rings (SSSR count). The minimum absolute atomic E-state index is 0.00136. The molecule has 31 heavy (non-hydrogen) atoms. The second-order valence-corrected chi connectivity index (χ2v) is 11.7. The van der Waals surface area contributed by atoms with E-state index < -0.39 is 0 Å². The normalized spacial score (nSPS) is 43.6. The number of hydrogen-bond donors (Lipinski definition) is 0. The number of carbonyl (C=O) groups is 1. The van der Waals surface area contributed by atoms with Crippen molar-refractivity contribution >= 4 is 5.78 Å². The smallest absolute Gasteiger partial charge is 0.166 e. The third kappa shape index (κ3) is 3.10. The molecule has 166 valence electrons. The molecule has 3 saturated carbocycles. The first-order valence-corrected chi connectivity index (χ1v) is 12.7. The summed E-state index contributed by atoms with van der Waals surface area (Å²) in [5.41, 5.74) is 2.30. The molecule has 0 aromatic heterocycles. The average Bonchev–Trinajstić information content (AvgIpc) is 3.44. The highest BCUT2D eigenvalue weighted by Crippen LogP contribution is 2.58. The maximum atomic E-state index is 13.7. The van der Waals surface area contributed by atoms with Crippen LogP contribution in [0.5, 0.6) is 0 Å². The summed E-state index contributed by atoms with van der Waals surface area (Å²) in [6.07, 6.45) is 9.93. The van der Waals surface area contributed by atoms with Crippen molar-refractivity contribution in [3.8, 4) is 0 Å². The zero-order valence-electron chi connectivity index (χ0n) is 19.3. The highest BCUT2D eigenvalue weighted by Gasteiger charge is 2.58. The lowest BCUT2D eigenvalue weighted by Gasteiger charge is -2.57. The summed E-state index contributed by atoms with van der Waals surface area (Å²) in [6.45, 7) is 8.01. The van der Waals surface area contributed by atoms with Crippen LogP contribution in [-0.4, -0.2) is 28.6 Å². The number of allylic oxidation sites excluding steroid dienone is 1. The number of fused-ring (bicyclic) bond motifs is 6. The first-order chi connectivity index (χ1) is 14.9. The molecule has 4 aliphatic carbocycles. The van der Waals surface area contributed by atoms with Crippen LogP contribution in [0.1, 0.15) is 64.9 Å². The number of benzene rings is 1. The lowest BCUT2D eigenvalue weighted by molar-refractivity contribution is -0.223. The Labute approximate surface area is 187 Å². The fraction of sp³-hybridized carbons (Fsp3) is 0.679. The maximum Gasteiger partial charge on any atom is 0.166 e. The minimum atomic E-state index is -0.195. The summed E-state index contributed by atoms with van der Waals surface area (Å²) in [5, 5.41) is 0. The van der Waals surface area contributed by atoms with Gasteiger partial charge in [0.05, 0.1) is 6.10 Å². The highest BCUT2D eigenvalue weighted by atomic mass is 16.5. The van der Waals surface area contributed by atoms with Gasteiger partial charge in [-0.3, -0.25) is 9.69 Å². The molecule has 0 N–H and O–H groups in total. The van der Waals surface area contributed by atoms with Crippen LogP contribution in [0.2, 0.25) is 0 Å². The summed E-state index contributed by atoms with van der Waals surface area (Å²) in [4.78, 5) is 16.3. The second-order valence-electron chi connectivity index (χ2n) is 11.7. The molecule has 3 nitrogen and oxygen atoms in total. The van der Waals surface area contributed by atoms with E-state index in [4.69, 9.17) is 4.74 Å². The number of nitrogens with zero attached hydrogens (tertiary/aromatic N) is 1. The van der Waals surface area contributed by atoms with Gasteiger partial charge in [0.1, 0.15) is 6.23 Å². The van der Waals surface area contributed by atoms with Crippen LogP contribution in [0.25, 0.3) is 0 Å². The van der Waals surface area contributed by atoms with Crippen LogP contribution >= 0.6 is 0 Å².